The standard InChI is InChI=1S/C14H28N2/c1-12-5-4-6-14(11-12)16(3)13-7-9-15(2)10-8-13/h12-14H,4-11H2,1-3H3/t12-,14-/m1/s1. The first-order valence-electron chi connectivity index (χ1n) is 7.07. The van der Waals surface area contributed by atoms with Gasteiger partial charge in [0.1, 0.15) is 0 Å². The van der Waals surface area contributed by atoms with E-state index in [-0.39, 0.29) is 0 Å². The van der Waals surface area contributed by atoms with Crippen LogP contribution in [0.1, 0.15) is 45.4 Å². The molecule has 2 atom stereocenters. The van der Waals surface area contributed by atoms with Crippen molar-refractivity contribution < 1.29 is 0 Å². The Morgan fingerprint density at radius 3 is 2.31 bits per heavy atom. The molecule has 1 saturated heterocycles. The summed E-state index contributed by atoms with van der Waals surface area (Å²) in [6.07, 6.45) is 8.52. The van der Waals surface area contributed by atoms with Gasteiger partial charge in [-0.25, -0.2) is 0 Å². The van der Waals surface area contributed by atoms with Gasteiger partial charge < -0.3 is 9.80 Å². The van der Waals surface area contributed by atoms with Crippen molar-refractivity contribution in [3.05, 3.63) is 0 Å². The molecule has 0 unspecified atom stereocenters. The molecule has 0 amide bonds. The van der Waals surface area contributed by atoms with Crippen molar-refractivity contribution in [3.63, 3.8) is 0 Å². The molecule has 16 heavy (non-hydrogen) atoms. The van der Waals surface area contributed by atoms with Crippen molar-refractivity contribution >= 4 is 0 Å². The summed E-state index contributed by atoms with van der Waals surface area (Å²) in [5.41, 5.74) is 0. The number of hydrogen-bond acceptors (Lipinski definition) is 2. The Labute approximate surface area is 101 Å². The van der Waals surface area contributed by atoms with Gasteiger partial charge in [-0.1, -0.05) is 19.8 Å². The number of piperidine rings is 1. The maximum Gasteiger partial charge on any atom is 0.0119 e. The zero-order valence-corrected chi connectivity index (χ0v) is 11.3. The van der Waals surface area contributed by atoms with Crippen LogP contribution >= 0.6 is 0 Å². The van der Waals surface area contributed by atoms with Gasteiger partial charge in [-0.2, -0.15) is 0 Å². The lowest BCUT2D eigenvalue weighted by atomic mass is 9.85. The highest BCUT2D eigenvalue weighted by atomic mass is 15.2. The van der Waals surface area contributed by atoms with E-state index in [1.807, 2.05) is 0 Å². The molecule has 2 heteroatoms. The van der Waals surface area contributed by atoms with Crippen LogP contribution in [0.5, 0.6) is 0 Å². The molecule has 0 aromatic heterocycles. The zero-order chi connectivity index (χ0) is 11.5. The molecule has 1 heterocycles. The predicted octanol–water partition coefficient (Wildman–Crippen LogP) is 2.59. The topological polar surface area (TPSA) is 6.48 Å². The molecule has 0 aromatic rings. The Morgan fingerprint density at radius 2 is 1.69 bits per heavy atom. The van der Waals surface area contributed by atoms with Crippen LogP contribution in [0, 0.1) is 5.92 Å². The molecular weight excluding hydrogens is 196 g/mol. The number of likely N-dealkylation sites (tertiary alicyclic amines) is 1. The van der Waals surface area contributed by atoms with Crippen molar-refractivity contribution in [2.24, 2.45) is 5.92 Å². The molecule has 2 rings (SSSR count). The Balaban J connectivity index is 1.84. The average Bonchev–Trinajstić information content (AvgIpc) is 2.29. The van der Waals surface area contributed by atoms with Crippen LogP contribution < -0.4 is 0 Å². The summed E-state index contributed by atoms with van der Waals surface area (Å²) in [6.45, 7) is 5.00. The van der Waals surface area contributed by atoms with Crippen LogP contribution in [0.4, 0.5) is 0 Å². The number of rotatable bonds is 2. The van der Waals surface area contributed by atoms with E-state index in [4.69, 9.17) is 0 Å². The fraction of sp³-hybridized carbons (Fsp3) is 1.00. The summed E-state index contributed by atoms with van der Waals surface area (Å²) in [5, 5.41) is 0. The second kappa shape index (κ2) is 5.50. The van der Waals surface area contributed by atoms with Gasteiger partial charge in [0.15, 0.2) is 0 Å². The summed E-state index contributed by atoms with van der Waals surface area (Å²) in [7, 11) is 4.62. The van der Waals surface area contributed by atoms with Gasteiger partial charge >= 0.3 is 0 Å². The van der Waals surface area contributed by atoms with Gasteiger partial charge in [0.25, 0.3) is 0 Å². The van der Waals surface area contributed by atoms with E-state index >= 15 is 0 Å². The highest BCUT2D eigenvalue weighted by Gasteiger charge is 2.28. The van der Waals surface area contributed by atoms with Gasteiger partial charge in [0.2, 0.25) is 0 Å². The monoisotopic (exact) mass is 224 g/mol. The average molecular weight is 224 g/mol. The van der Waals surface area contributed by atoms with Crippen LogP contribution in [0.2, 0.25) is 0 Å². The molecule has 1 saturated carbocycles. The third kappa shape index (κ3) is 2.98. The molecular formula is C14H28N2. The van der Waals surface area contributed by atoms with Crippen LogP contribution in [-0.4, -0.2) is 49.1 Å². The zero-order valence-electron chi connectivity index (χ0n) is 11.3. The van der Waals surface area contributed by atoms with Crippen molar-refractivity contribution in [3.8, 4) is 0 Å². The lowest BCUT2D eigenvalue weighted by Crippen LogP contribution is -2.47. The van der Waals surface area contributed by atoms with Crippen LogP contribution in [-0.2, 0) is 0 Å². The molecule has 0 bridgehead atoms. The molecule has 2 nitrogen and oxygen atoms in total. The molecule has 0 N–H and O–H groups in total. The van der Waals surface area contributed by atoms with E-state index < -0.39 is 0 Å². The van der Waals surface area contributed by atoms with Crippen LogP contribution in [0.3, 0.4) is 0 Å². The first kappa shape index (κ1) is 12.4. The normalized spacial score (nSPS) is 34.5. The van der Waals surface area contributed by atoms with Crippen molar-refractivity contribution in [2.75, 3.05) is 27.2 Å². The first-order valence-corrected chi connectivity index (χ1v) is 7.07. The summed E-state index contributed by atoms with van der Waals surface area (Å²) < 4.78 is 0. The van der Waals surface area contributed by atoms with Gasteiger partial charge in [0.05, 0.1) is 0 Å². The SMILES string of the molecule is C[C@@H]1CCC[C@@H](N(C)C2CCN(C)CC2)C1. The highest BCUT2D eigenvalue weighted by molar-refractivity contribution is 4.84. The van der Waals surface area contributed by atoms with Crippen LogP contribution in [0.15, 0.2) is 0 Å². The second-order valence-electron chi connectivity index (χ2n) is 6.13. The summed E-state index contributed by atoms with van der Waals surface area (Å²) in [6, 6.07) is 1.73. The molecule has 94 valence electrons. The van der Waals surface area contributed by atoms with Crippen molar-refractivity contribution in [1.82, 2.24) is 9.80 Å². The third-order valence-electron chi connectivity index (χ3n) is 4.75. The van der Waals surface area contributed by atoms with Gasteiger partial charge in [-0.05, 0) is 58.8 Å². The minimum Gasteiger partial charge on any atom is -0.306 e. The van der Waals surface area contributed by atoms with Crippen molar-refractivity contribution in [1.29, 1.82) is 0 Å². The maximum absolute atomic E-state index is 2.71. The molecule has 1 aliphatic heterocycles. The van der Waals surface area contributed by atoms with Gasteiger partial charge in [-0.3, -0.25) is 0 Å². The minimum absolute atomic E-state index is 0.853. The van der Waals surface area contributed by atoms with Gasteiger partial charge in [-0.15, -0.1) is 0 Å². The fourth-order valence-electron chi connectivity index (χ4n) is 3.47. The maximum atomic E-state index is 2.71. The second-order valence-corrected chi connectivity index (χ2v) is 6.13. The smallest absolute Gasteiger partial charge is 0.0119 e. The quantitative estimate of drug-likeness (QED) is 0.711. The minimum atomic E-state index is 0.853. The predicted molar refractivity (Wildman–Crippen MR) is 69.7 cm³/mol. The summed E-state index contributed by atoms with van der Waals surface area (Å²) in [5.74, 6) is 0.951. The Bertz CT molecular complexity index is 209. The molecule has 1 aliphatic carbocycles. The largest absolute Gasteiger partial charge is 0.306 e. The third-order valence-corrected chi connectivity index (χ3v) is 4.75. The Kier molecular flexibility index (Phi) is 4.26. The lowest BCUT2D eigenvalue weighted by Gasteiger charge is -2.42. The van der Waals surface area contributed by atoms with E-state index in [0.29, 0.717) is 0 Å². The first-order chi connectivity index (χ1) is 7.66. The van der Waals surface area contributed by atoms with E-state index in [1.54, 1.807) is 0 Å². The molecule has 2 fully saturated rings. The summed E-state index contributed by atoms with van der Waals surface area (Å²) in [4.78, 5) is 5.18. The highest BCUT2D eigenvalue weighted by Crippen LogP contribution is 2.29. The Morgan fingerprint density at radius 1 is 1.00 bits per heavy atom. The lowest BCUT2D eigenvalue weighted by molar-refractivity contribution is 0.0774. The number of nitrogens with zero attached hydrogens (tertiary/aromatic N) is 2. The van der Waals surface area contributed by atoms with Crippen LogP contribution in [0.25, 0.3) is 0 Å². The van der Waals surface area contributed by atoms with E-state index in [0.717, 1.165) is 18.0 Å². The van der Waals surface area contributed by atoms with E-state index in [2.05, 4.69) is 30.8 Å². The molecule has 0 spiro atoms. The van der Waals surface area contributed by atoms with Gasteiger partial charge in [0, 0.05) is 12.1 Å². The van der Waals surface area contributed by atoms with E-state index in [9.17, 15) is 0 Å². The number of hydrogen-bond donors (Lipinski definition) is 0. The summed E-state index contributed by atoms with van der Waals surface area (Å²) >= 11 is 0. The van der Waals surface area contributed by atoms with E-state index in [1.165, 1.54) is 51.6 Å². The fourth-order valence-corrected chi connectivity index (χ4v) is 3.47. The molecule has 2 aliphatic rings. The molecule has 0 radical (unpaired) electrons. The molecule has 0 aromatic carbocycles. The Hall–Kier alpha value is -0.0800. The van der Waals surface area contributed by atoms with Crippen molar-refractivity contribution in [2.45, 2.75) is 57.5 Å².